The lowest BCUT2D eigenvalue weighted by Crippen LogP contribution is -2.14. The van der Waals surface area contributed by atoms with E-state index in [4.69, 9.17) is 9.47 Å². The first-order chi connectivity index (χ1) is 11.6. The zero-order valence-electron chi connectivity index (χ0n) is 13.4. The van der Waals surface area contributed by atoms with Gasteiger partial charge in [-0.1, -0.05) is 30.3 Å². The summed E-state index contributed by atoms with van der Waals surface area (Å²) < 4.78 is 10.3. The van der Waals surface area contributed by atoms with Crippen molar-refractivity contribution < 1.29 is 19.1 Å². The number of carbonyl (C=O) groups excluding carboxylic acids is 2. The van der Waals surface area contributed by atoms with E-state index in [9.17, 15) is 14.9 Å². The minimum absolute atomic E-state index is 0.0207. The summed E-state index contributed by atoms with van der Waals surface area (Å²) in [6.07, 6.45) is 0. The number of hydrogen-bond acceptors (Lipinski definition) is 6. The molecule has 0 saturated carbocycles. The average molecular weight is 324 g/mol. The largest absolute Gasteiger partial charge is 0.468 e. The van der Waals surface area contributed by atoms with Crippen LogP contribution >= 0.6 is 0 Å². The SMILES string of the molecule is CCOC(=O)c1cc(C#N)c(OCC(=O)c2ccccc2)nc1C. The molecule has 0 aliphatic heterocycles. The highest BCUT2D eigenvalue weighted by Gasteiger charge is 2.17. The van der Waals surface area contributed by atoms with Crippen LogP contribution in [0.15, 0.2) is 36.4 Å². The first-order valence-corrected chi connectivity index (χ1v) is 7.36. The molecule has 0 unspecified atom stereocenters. The highest BCUT2D eigenvalue weighted by molar-refractivity contribution is 5.97. The Bertz CT molecular complexity index is 795. The van der Waals surface area contributed by atoms with Gasteiger partial charge in [0, 0.05) is 5.56 Å². The zero-order chi connectivity index (χ0) is 17.5. The molecule has 6 nitrogen and oxygen atoms in total. The first kappa shape index (κ1) is 17.2. The molecule has 0 bridgehead atoms. The van der Waals surface area contributed by atoms with Crippen molar-refractivity contribution in [2.24, 2.45) is 0 Å². The van der Waals surface area contributed by atoms with Gasteiger partial charge in [-0.25, -0.2) is 9.78 Å². The van der Waals surface area contributed by atoms with Crippen LogP contribution in [0.3, 0.4) is 0 Å². The molecule has 1 heterocycles. The summed E-state index contributed by atoms with van der Waals surface area (Å²) in [6, 6.07) is 12.0. The molecule has 2 aromatic rings. The molecule has 0 saturated heterocycles. The summed E-state index contributed by atoms with van der Waals surface area (Å²) in [7, 11) is 0. The number of ether oxygens (including phenoxy) is 2. The molecule has 1 aromatic carbocycles. The molecule has 122 valence electrons. The summed E-state index contributed by atoms with van der Waals surface area (Å²) >= 11 is 0. The van der Waals surface area contributed by atoms with Crippen LogP contribution in [0.1, 0.15) is 38.9 Å². The van der Waals surface area contributed by atoms with E-state index in [0.717, 1.165) is 0 Å². The topological polar surface area (TPSA) is 89.3 Å². The smallest absolute Gasteiger partial charge is 0.340 e. The Morgan fingerprint density at radius 1 is 1.25 bits per heavy atom. The molecule has 0 aliphatic carbocycles. The van der Waals surface area contributed by atoms with Crippen LogP contribution in [0.4, 0.5) is 0 Å². The number of nitriles is 1. The molecular formula is C18H16N2O4. The number of carbonyl (C=O) groups is 2. The number of aromatic nitrogens is 1. The third-order valence-electron chi connectivity index (χ3n) is 3.23. The van der Waals surface area contributed by atoms with Gasteiger partial charge >= 0.3 is 5.97 Å². The molecule has 0 atom stereocenters. The van der Waals surface area contributed by atoms with Gasteiger partial charge in [0.1, 0.15) is 11.6 Å². The number of hydrogen-bond donors (Lipinski definition) is 0. The van der Waals surface area contributed by atoms with E-state index in [1.807, 2.05) is 12.1 Å². The summed E-state index contributed by atoms with van der Waals surface area (Å²) in [5.41, 5.74) is 1.16. The van der Waals surface area contributed by atoms with E-state index < -0.39 is 5.97 Å². The molecule has 0 radical (unpaired) electrons. The molecule has 24 heavy (non-hydrogen) atoms. The second-order valence-electron chi connectivity index (χ2n) is 4.88. The lowest BCUT2D eigenvalue weighted by Gasteiger charge is -2.10. The highest BCUT2D eigenvalue weighted by Crippen LogP contribution is 2.20. The fraction of sp³-hybridized carbons (Fsp3) is 0.222. The lowest BCUT2D eigenvalue weighted by atomic mass is 10.1. The Hall–Kier alpha value is -3.20. The maximum Gasteiger partial charge on any atom is 0.340 e. The van der Waals surface area contributed by atoms with Crippen LogP contribution in [-0.2, 0) is 4.74 Å². The third kappa shape index (κ3) is 3.96. The van der Waals surface area contributed by atoms with Crippen LogP contribution in [0.5, 0.6) is 5.88 Å². The minimum Gasteiger partial charge on any atom is -0.468 e. The molecule has 0 N–H and O–H groups in total. The van der Waals surface area contributed by atoms with Gasteiger partial charge in [0.2, 0.25) is 5.88 Å². The number of esters is 1. The van der Waals surface area contributed by atoms with Gasteiger partial charge < -0.3 is 9.47 Å². The summed E-state index contributed by atoms with van der Waals surface area (Å²) in [5.74, 6) is -0.758. The molecular weight excluding hydrogens is 308 g/mol. The lowest BCUT2D eigenvalue weighted by molar-refractivity contribution is 0.0524. The number of aryl methyl sites for hydroxylation is 1. The Kier molecular flexibility index (Phi) is 5.63. The Labute approximate surface area is 139 Å². The number of ketones is 1. The predicted molar refractivity (Wildman–Crippen MR) is 85.9 cm³/mol. The van der Waals surface area contributed by atoms with Crippen molar-refractivity contribution in [3.8, 4) is 11.9 Å². The molecule has 0 fully saturated rings. The van der Waals surface area contributed by atoms with E-state index in [1.165, 1.54) is 6.07 Å². The van der Waals surface area contributed by atoms with Gasteiger partial charge in [-0.2, -0.15) is 5.26 Å². The molecule has 0 amide bonds. The van der Waals surface area contributed by atoms with Crippen LogP contribution < -0.4 is 4.74 Å². The Morgan fingerprint density at radius 2 is 1.96 bits per heavy atom. The molecule has 6 heteroatoms. The number of nitrogens with zero attached hydrogens (tertiary/aromatic N) is 2. The molecule has 0 aliphatic rings. The van der Waals surface area contributed by atoms with E-state index in [-0.39, 0.29) is 36.0 Å². The molecule has 2 rings (SSSR count). The van der Waals surface area contributed by atoms with E-state index in [2.05, 4.69) is 4.98 Å². The number of Topliss-reactive ketones (excluding diaryl/α,β-unsaturated/α-hetero) is 1. The maximum absolute atomic E-state index is 12.1. The first-order valence-electron chi connectivity index (χ1n) is 7.36. The van der Waals surface area contributed by atoms with Crippen molar-refractivity contribution in [3.05, 3.63) is 58.8 Å². The quantitative estimate of drug-likeness (QED) is 0.599. The van der Waals surface area contributed by atoms with Gasteiger partial charge in [0.15, 0.2) is 12.4 Å². The predicted octanol–water partition coefficient (Wildman–Crippen LogP) is 2.70. The van der Waals surface area contributed by atoms with Crippen LogP contribution in [-0.4, -0.2) is 30.0 Å². The van der Waals surface area contributed by atoms with E-state index in [1.54, 1.807) is 38.1 Å². The van der Waals surface area contributed by atoms with Gasteiger partial charge in [-0.05, 0) is 19.9 Å². The van der Waals surface area contributed by atoms with Crippen molar-refractivity contribution in [1.29, 1.82) is 5.26 Å². The molecule has 0 spiro atoms. The highest BCUT2D eigenvalue weighted by atomic mass is 16.5. The van der Waals surface area contributed by atoms with Crippen molar-refractivity contribution in [2.45, 2.75) is 13.8 Å². The zero-order valence-corrected chi connectivity index (χ0v) is 13.4. The summed E-state index contributed by atoms with van der Waals surface area (Å²) in [6.45, 7) is 3.28. The Morgan fingerprint density at radius 3 is 2.58 bits per heavy atom. The number of pyridine rings is 1. The van der Waals surface area contributed by atoms with Crippen LogP contribution in [0.25, 0.3) is 0 Å². The fourth-order valence-corrected chi connectivity index (χ4v) is 2.03. The number of rotatable bonds is 6. The second kappa shape index (κ2) is 7.88. The van der Waals surface area contributed by atoms with Gasteiger partial charge in [-0.3, -0.25) is 4.79 Å². The van der Waals surface area contributed by atoms with Crippen molar-refractivity contribution >= 4 is 11.8 Å². The van der Waals surface area contributed by atoms with Crippen molar-refractivity contribution in [2.75, 3.05) is 13.2 Å². The third-order valence-corrected chi connectivity index (χ3v) is 3.23. The fourth-order valence-electron chi connectivity index (χ4n) is 2.03. The van der Waals surface area contributed by atoms with Crippen molar-refractivity contribution in [3.63, 3.8) is 0 Å². The summed E-state index contributed by atoms with van der Waals surface area (Å²) in [4.78, 5) is 28.0. The van der Waals surface area contributed by atoms with E-state index >= 15 is 0 Å². The monoisotopic (exact) mass is 324 g/mol. The van der Waals surface area contributed by atoms with Gasteiger partial charge in [0.05, 0.1) is 17.9 Å². The normalized spacial score (nSPS) is 9.88. The summed E-state index contributed by atoms with van der Waals surface area (Å²) in [5, 5.41) is 9.22. The van der Waals surface area contributed by atoms with E-state index in [0.29, 0.717) is 11.3 Å². The van der Waals surface area contributed by atoms with Gasteiger partial charge in [0.25, 0.3) is 0 Å². The average Bonchev–Trinajstić information content (AvgIpc) is 2.60. The second-order valence-corrected chi connectivity index (χ2v) is 4.88. The minimum atomic E-state index is -0.550. The number of benzene rings is 1. The van der Waals surface area contributed by atoms with Crippen molar-refractivity contribution in [1.82, 2.24) is 4.98 Å². The van der Waals surface area contributed by atoms with Crippen LogP contribution in [0.2, 0.25) is 0 Å². The molecule has 1 aromatic heterocycles. The maximum atomic E-state index is 12.1. The van der Waals surface area contributed by atoms with Crippen LogP contribution in [0, 0.1) is 18.3 Å². The van der Waals surface area contributed by atoms with Gasteiger partial charge in [-0.15, -0.1) is 0 Å². The Balaban J connectivity index is 2.19. The standard InChI is InChI=1S/C18H16N2O4/c1-3-23-18(22)15-9-14(10-19)17(20-12(15)2)24-11-16(21)13-7-5-4-6-8-13/h4-9H,3,11H2,1-2H3.